The quantitative estimate of drug-likeness (QED) is 0.427. The van der Waals surface area contributed by atoms with Gasteiger partial charge in [-0.2, -0.15) is 0 Å². The summed E-state index contributed by atoms with van der Waals surface area (Å²) >= 11 is 5.60. The third-order valence-electron chi connectivity index (χ3n) is 2.74. The van der Waals surface area contributed by atoms with Crippen molar-refractivity contribution in [3.63, 3.8) is 0 Å². The minimum Gasteiger partial charge on any atom is -0.294 e. The number of hydrogen-bond acceptors (Lipinski definition) is 1. The van der Waals surface area contributed by atoms with Gasteiger partial charge in [-0.15, -0.1) is 11.6 Å². The van der Waals surface area contributed by atoms with E-state index in [1.165, 1.54) is 5.56 Å². The zero-order valence-corrected chi connectivity index (χ0v) is 11.0. The number of benzene rings is 1. The summed E-state index contributed by atoms with van der Waals surface area (Å²) in [6.45, 7) is 6.07. The Balaban J connectivity index is 2.83. The molecule has 1 rings (SSSR count). The molecule has 0 aliphatic heterocycles. The summed E-state index contributed by atoms with van der Waals surface area (Å²) in [5.41, 5.74) is 4.30. The minimum absolute atomic E-state index is 0.250. The van der Waals surface area contributed by atoms with Crippen LogP contribution >= 0.6 is 11.6 Å². The third-order valence-corrected chi connectivity index (χ3v) is 3.01. The number of hydrogen-bond donors (Lipinski definition) is 0. The third kappa shape index (κ3) is 3.34. The second-order valence-electron chi connectivity index (χ2n) is 4.34. The van der Waals surface area contributed by atoms with Crippen LogP contribution in [0.25, 0.3) is 0 Å². The van der Waals surface area contributed by atoms with Gasteiger partial charge >= 0.3 is 0 Å². The van der Waals surface area contributed by atoms with E-state index < -0.39 is 0 Å². The van der Waals surface area contributed by atoms with E-state index in [2.05, 4.69) is 19.1 Å². The van der Waals surface area contributed by atoms with Gasteiger partial charge in [0.15, 0.2) is 5.78 Å². The predicted molar refractivity (Wildman–Crippen MR) is 69.6 cm³/mol. The van der Waals surface area contributed by atoms with Crippen LogP contribution in [0.1, 0.15) is 46.3 Å². The van der Waals surface area contributed by atoms with E-state index in [4.69, 9.17) is 11.6 Å². The number of ketones is 1. The Morgan fingerprint density at radius 2 is 1.69 bits per heavy atom. The summed E-state index contributed by atoms with van der Waals surface area (Å²) in [4.78, 5) is 12.0. The molecule has 0 aliphatic carbocycles. The highest BCUT2D eigenvalue weighted by Crippen LogP contribution is 2.19. The molecule has 0 atom stereocenters. The maximum atomic E-state index is 12.0. The van der Waals surface area contributed by atoms with Crippen LogP contribution in [0.4, 0.5) is 0 Å². The van der Waals surface area contributed by atoms with Crippen molar-refractivity contribution in [1.29, 1.82) is 0 Å². The van der Waals surface area contributed by atoms with E-state index in [9.17, 15) is 4.79 Å². The van der Waals surface area contributed by atoms with Gasteiger partial charge < -0.3 is 0 Å². The number of halogens is 1. The van der Waals surface area contributed by atoms with Gasteiger partial charge in [-0.25, -0.2) is 0 Å². The van der Waals surface area contributed by atoms with Crippen molar-refractivity contribution in [2.24, 2.45) is 0 Å². The highest BCUT2D eigenvalue weighted by Gasteiger charge is 2.11. The number of alkyl halides is 1. The van der Waals surface area contributed by atoms with Gasteiger partial charge in [-0.1, -0.05) is 17.7 Å². The van der Waals surface area contributed by atoms with Crippen LogP contribution in [0.3, 0.4) is 0 Å². The lowest BCUT2D eigenvalue weighted by Crippen LogP contribution is -2.05. The zero-order chi connectivity index (χ0) is 12.1. The second-order valence-corrected chi connectivity index (χ2v) is 4.72. The Kier molecular flexibility index (Phi) is 5.01. The van der Waals surface area contributed by atoms with Crippen molar-refractivity contribution in [1.82, 2.24) is 0 Å². The molecule has 0 aliphatic rings. The highest BCUT2D eigenvalue weighted by molar-refractivity contribution is 6.17. The molecule has 1 aromatic rings. The number of Topliss-reactive ketones (excluding diaryl/α,β-unsaturated/α-hetero) is 1. The largest absolute Gasteiger partial charge is 0.294 e. The van der Waals surface area contributed by atoms with Crippen molar-refractivity contribution in [2.75, 3.05) is 5.88 Å². The Morgan fingerprint density at radius 3 is 2.19 bits per heavy atom. The second kappa shape index (κ2) is 6.05. The molecule has 0 fully saturated rings. The summed E-state index contributed by atoms with van der Waals surface area (Å²) in [6, 6.07) is 4.14. The lowest BCUT2D eigenvalue weighted by Gasteiger charge is -2.10. The SMILES string of the molecule is Cc1cc(C)c(C(=O)CCCCCl)c(C)c1. The fourth-order valence-corrected chi connectivity index (χ4v) is 2.31. The van der Waals surface area contributed by atoms with Gasteiger partial charge in [0.1, 0.15) is 0 Å². The number of unbranched alkanes of at least 4 members (excludes halogenated alkanes) is 1. The van der Waals surface area contributed by atoms with Gasteiger partial charge in [0.05, 0.1) is 0 Å². The number of aryl methyl sites for hydroxylation is 3. The predicted octanol–water partition coefficient (Wildman–Crippen LogP) is 4.20. The van der Waals surface area contributed by atoms with E-state index >= 15 is 0 Å². The van der Waals surface area contributed by atoms with Gasteiger partial charge in [0, 0.05) is 17.9 Å². The average molecular weight is 239 g/mol. The Morgan fingerprint density at radius 1 is 1.12 bits per heavy atom. The molecule has 0 aromatic heterocycles. The van der Waals surface area contributed by atoms with Crippen LogP contribution < -0.4 is 0 Å². The van der Waals surface area contributed by atoms with E-state index in [0.717, 1.165) is 29.5 Å². The Hall–Kier alpha value is -0.820. The molecular formula is C14H19ClO. The molecule has 0 N–H and O–H groups in total. The lowest BCUT2D eigenvalue weighted by atomic mass is 9.94. The van der Waals surface area contributed by atoms with Crippen molar-refractivity contribution in [3.05, 3.63) is 34.4 Å². The average Bonchev–Trinajstić information content (AvgIpc) is 2.16. The first-order valence-corrected chi connectivity index (χ1v) is 6.26. The number of carbonyl (C=O) groups excluding carboxylic acids is 1. The molecule has 88 valence electrons. The van der Waals surface area contributed by atoms with Crippen LogP contribution in [-0.4, -0.2) is 11.7 Å². The van der Waals surface area contributed by atoms with Crippen LogP contribution in [0, 0.1) is 20.8 Å². The molecular weight excluding hydrogens is 220 g/mol. The molecule has 0 spiro atoms. The normalized spacial score (nSPS) is 10.5. The molecule has 2 heteroatoms. The minimum atomic E-state index is 0.250. The van der Waals surface area contributed by atoms with Crippen molar-refractivity contribution < 1.29 is 4.79 Å². The van der Waals surface area contributed by atoms with Crippen LogP contribution in [-0.2, 0) is 0 Å². The number of carbonyl (C=O) groups is 1. The van der Waals surface area contributed by atoms with Crippen molar-refractivity contribution >= 4 is 17.4 Å². The van der Waals surface area contributed by atoms with Gasteiger partial charge in [-0.05, 0) is 44.7 Å². The monoisotopic (exact) mass is 238 g/mol. The standard InChI is InChI=1S/C14H19ClO/c1-10-8-11(2)14(12(3)9-10)13(16)6-4-5-7-15/h8-9H,4-7H2,1-3H3. The molecule has 0 saturated heterocycles. The molecule has 0 unspecified atom stereocenters. The summed E-state index contributed by atoms with van der Waals surface area (Å²) in [5, 5.41) is 0. The highest BCUT2D eigenvalue weighted by atomic mass is 35.5. The smallest absolute Gasteiger partial charge is 0.163 e. The van der Waals surface area contributed by atoms with E-state index in [0.29, 0.717) is 12.3 Å². The van der Waals surface area contributed by atoms with E-state index in [1.807, 2.05) is 13.8 Å². The molecule has 0 bridgehead atoms. The molecule has 0 radical (unpaired) electrons. The summed E-state index contributed by atoms with van der Waals surface area (Å²) in [6.07, 6.45) is 2.41. The van der Waals surface area contributed by atoms with Gasteiger partial charge in [0.2, 0.25) is 0 Å². The summed E-state index contributed by atoms with van der Waals surface area (Å²) in [7, 11) is 0. The first-order chi connectivity index (χ1) is 7.56. The lowest BCUT2D eigenvalue weighted by molar-refractivity contribution is 0.0978. The first-order valence-electron chi connectivity index (χ1n) is 5.73. The van der Waals surface area contributed by atoms with Crippen LogP contribution in [0.5, 0.6) is 0 Å². The molecule has 0 saturated carbocycles. The van der Waals surface area contributed by atoms with E-state index in [1.54, 1.807) is 0 Å². The topological polar surface area (TPSA) is 17.1 Å². The molecule has 1 aromatic carbocycles. The van der Waals surface area contributed by atoms with Gasteiger partial charge in [-0.3, -0.25) is 4.79 Å². The zero-order valence-electron chi connectivity index (χ0n) is 10.3. The summed E-state index contributed by atoms with van der Waals surface area (Å²) < 4.78 is 0. The summed E-state index contributed by atoms with van der Waals surface area (Å²) in [5.74, 6) is 0.888. The molecule has 0 heterocycles. The van der Waals surface area contributed by atoms with Gasteiger partial charge in [0.25, 0.3) is 0 Å². The molecule has 0 amide bonds. The van der Waals surface area contributed by atoms with E-state index in [-0.39, 0.29) is 5.78 Å². The van der Waals surface area contributed by atoms with Crippen LogP contribution in [0.15, 0.2) is 12.1 Å². The first kappa shape index (κ1) is 13.2. The maximum Gasteiger partial charge on any atom is 0.163 e. The fourth-order valence-electron chi connectivity index (χ4n) is 2.12. The fraction of sp³-hybridized carbons (Fsp3) is 0.500. The van der Waals surface area contributed by atoms with Crippen molar-refractivity contribution in [2.45, 2.75) is 40.0 Å². The van der Waals surface area contributed by atoms with Crippen molar-refractivity contribution in [3.8, 4) is 0 Å². The molecule has 1 nitrogen and oxygen atoms in total. The Bertz CT molecular complexity index is 359. The number of rotatable bonds is 5. The van der Waals surface area contributed by atoms with Crippen LogP contribution in [0.2, 0.25) is 0 Å². The maximum absolute atomic E-state index is 12.0. The Labute approximate surface area is 103 Å². The molecule has 16 heavy (non-hydrogen) atoms.